The molecule has 0 unspecified atom stereocenters. The zero-order chi connectivity index (χ0) is 24.6. The number of ether oxygens (including phenoxy) is 2. The molecule has 8 nitrogen and oxygen atoms in total. The van der Waals surface area contributed by atoms with E-state index in [1.54, 1.807) is 32.4 Å². The minimum absolute atomic E-state index is 0.0436. The van der Waals surface area contributed by atoms with E-state index in [1.807, 2.05) is 48.5 Å². The number of nitrogens with one attached hydrogen (secondary N) is 2. The average Bonchev–Trinajstić information content (AvgIpc) is 2.89. The molecule has 2 N–H and O–H groups in total. The van der Waals surface area contributed by atoms with Gasteiger partial charge in [-0.2, -0.15) is 0 Å². The number of hydrogen-bond donors (Lipinski definition) is 2. The van der Waals surface area contributed by atoms with E-state index in [0.29, 0.717) is 41.4 Å². The summed E-state index contributed by atoms with van der Waals surface area (Å²) in [6, 6.07) is 20.1. The fourth-order valence-corrected chi connectivity index (χ4v) is 3.66. The van der Waals surface area contributed by atoms with Gasteiger partial charge in [0.15, 0.2) is 17.3 Å². The van der Waals surface area contributed by atoms with Crippen LogP contribution >= 0.6 is 0 Å². The predicted octanol–water partition coefficient (Wildman–Crippen LogP) is 5.38. The van der Waals surface area contributed by atoms with E-state index in [4.69, 9.17) is 9.47 Å². The van der Waals surface area contributed by atoms with Gasteiger partial charge >= 0.3 is 0 Å². The molecule has 0 aliphatic rings. The highest BCUT2D eigenvalue weighted by molar-refractivity contribution is 5.97. The van der Waals surface area contributed by atoms with Gasteiger partial charge in [0.1, 0.15) is 12.1 Å². The summed E-state index contributed by atoms with van der Waals surface area (Å²) in [6.45, 7) is 0. The lowest BCUT2D eigenvalue weighted by Crippen LogP contribution is -2.12. The Bertz CT molecular complexity index is 1320. The summed E-state index contributed by atoms with van der Waals surface area (Å²) in [5.74, 6) is 1.71. The minimum atomic E-state index is -0.130. The number of carbonyl (C=O) groups excluding carboxylic acids is 2. The Labute approximate surface area is 203 Å². The van der Waals surface area contributed by atoms with Gasteiger partial charge in [-0.1, -0.05) is 30.3 Å². The molecule has 8 heteroatoms. The molecular formula is C27H26N4O4. The van der Waals surface area contributed by atoms with E-state index in [9.17, 15) is 9.59 Å². The Kier molecular flexibility index (Phi) is 7.52. The van der Waals surface area contributed by atoms with E-state index < -0.39 is 0 Å². The van der Waals surface area contributed by atoms with Crippen LogP contribution in [0.1, 0.15) is 29.6 Å². The summed E-state index contributed by atoms with van der Waals surface area (Å²) in [5, 5.41) is 6.94. The van der Waals surface area contributed by atoms with Gasteiger partial charge in [0.05, 0.1) is 19.7 Å². The maximum Gasteiger partial charge on any atom is 0.224 e. The molecular weight excluding hydrogens is 444 g/mol. The van der Waals surface area contributed by atoms with Crippen molar-refractivity contribution in [2.24, 2.45) is 0 Å². The number of benzene rings is 3. The molecule has 1 aromatic heterocycles. The molecule has 0 spiro atoms. The van der Waals surface area contributed by atoms with E-state index in [0.717, 1.165) is 16.6 Å². The number of methoxy groups -OCH3 is 2. The van der Waals surface area contributed by atoms with Crippen LogP contribution in [-0.4, -0.2) is 35.9 Å². The first-order valence-electron chi connectivity index (χ1n) is 11.2. The topological polar surface area (TPSA) is 102 Å². The maximum absolute atomic E-state index is 12.3. The molecule has 0 atom stereocenters. The first-order valence-corrected chi connectivity index (χ1v) is 11.2. The van der Waals surface area contributed by atoms with Gasteiger partial charge < -0.3 is 20.1 Å². The molecule has 4 aromatic rings. The van der Waals surface area contributed by atoms with Crippen molar-refractivity contribution in [2.45, 2.75) is 19.3 Å². The molecule has 3 aromatic carbocycles. The number of anilines is 3. The first-order chi connectivity index (χ1) is 17.1. The second kappa shape index (κ2) is 11.1. The third kappa shape index (κ3) is 5.92. The summed E-state index contributed by atoms with van der Waals surface area (Å²) in [6.07, 6.45) is 2.59. The number of hydrogen-bond acceptors (Lipinski definition) is 7. The zero-order valence-electron chi connectivity index (χ0n) is 19.6. The highest BCUT2D eigenvalue weighted by Crippen LogP contribution is 2.34. The van der Waals surface area contributed by atoms with E-state index >= 15 is 0 Å². The third-order valence-corrected chi connectivity index (χ3v) is 5.48. The lowest BCUT2D eigenvalue weighted by molar-refractivity contribution is -0.116. The zero-order valence-corrected chi connectivity index (χ0v) is 19.6. The van der Waals surface area contributed by atoms with Gasteiger partial charge in [0.2, 0.25) is 5.91 Å². The molecule has 0 radical (unpaired) electrons. The molecule has 0 bridgehead atoms. The quantitative estimate of drug-likeness (QED) is 0.300. The molecule has 0 fully saturated rings. The number of rotatable bonds is 10. The number of aromatic nitrogens is 2. The third-order valence-electron chi connectivity index (χ3n) is 5.48. The maximum atomic E-state index is 12.3. The van der Waals surface area contributed by atoms with Crippen molar-refractivity contribution >= 4 is 39.8 Å². The van der Waals surface area contributed by atoms with Crippen molar-refractivity contribution in [3.05, 3.63) is 78.6 Å². The number of Topliss-reactive ketones (excluding diaryl/α,β-unsaturated/α-hetero) is 1. The van der Waals surface area contributed by atoms with Gasteiger partial charge in [-0.3, -0.25) is 9.59 Å². The summed E-state index contributed by atoms with van der Waals surface area (Å²) in [5.41, 5.74) is 2.86. The number of ketones is 1. The Balaban J connectivity index is 1.35. The SMILES string of the molecule is COc1cc2ncnc(Nc3ccc(NC(=O)CCCC(=O)c4ccccc4)cc3)c2cc1OC. The van der Waals surface area contributed by atoms with Crippen molar-refractivity contribution in [1.29, 1.82) is 0 Å². The summed E-state index contributed by atoms with van der Waals surface area (Å²) in [7, 11) is 3.16. The van der Waals surface area contributed by atoms with Crippen molar-refractivity contribution in [3.63, 3.8) is 0 Å². The average molecular weight is 471 g/mol. The molecule has 4 rings (SSSR count). The number of amides is 1. The molecule has 35 heavy (non-hydrogen) atoms. The van der Waals surface area contributed by atoms with Crippen LogP contribution in [0, 0.1) is 0 Å². The van der Waals surface area contributed by atoms with Crippen molar-refractivity contribution < 1.29 is 19.1 Å². The van der Waals surface area contributed by atoms with Gasteiger partial charge in [0.25, 0.3) is 0 Å². The molecule has 0 aliphatic carbocycles. The van der Waals surface area contributed by atoms with Gasteiger partial charge in [-0.25, -0.2) is 9.97 Å². The van der Waals surface area contributed by atoms with Crippen molar-refractivity contribution in [1.82, 2.24) is 9.97 Å². The molecule has 0 saturated carbocycles. The second-order valence-electron chi connectivity index (χ2n) is 7.84. The predicted molar refractivity (Wildman–Crippen MR) is 136 cm³/mol. The van der Waals surface area contributed by atoms with Crippen LogP contribution in [0.4, 0.5) is 17.2 Å². The van der Waals surface area contributed by atoms with Crippen LogP contribution in [-0.2, 0) is 4.79 Å². The first kappa shape index (κ1) is 23.7. The second-order valence-corrected chi connectivity index (χ2v) is 7.84. The summed E-state index contributed by atoms with van der Waals surface area (Å²) >= 11 is 0. The largest absolute Gasteiger partial charge is 0.493 e. The van der Waals surface area contributed by atoms with Gasteiger partial charge in [0, 0.05) is 41.2 Å². The van der Waals surface area contributed by atoms with E-state index in [2.05, 4.69) is 20.6 Å². The molecule has 0 saturated heterocycles. The standard InChI is InChI=1S/C27H26N4O4/c1-34-24-15-21-22(16-25(24)35-2)28-17-29-27(21)31-20-13-11-19(12-14-20)30-26(33)10-6-9-23(32)18-7-4-3-5-8-18/h3-5,7-8,11-17H,6,9-10H2,1-2H3,(H,30,33)(H,28,29,31). The van der Waals surface area contributed by atoms with Crippen LogP contribution < -0.4 is 20.1 Å². The smallest absolute Gasteiger partial charge is 0.224 e. The van der Waals surface area contributed by atoms with Gasteiger partial charge in [-0.05, 0) is 36.8 Å². The summed E-state index contributed by atoms with van der Waals surface area (Å²) < 4.78 is 10.7. The Hall–Kier alpha value is -4.46. The van der Waals surface area contributed by atoms with E-state index in [1.165, 1.54) is 6.33 Å². The fraction of sp³-hybridized carbons (Fsp3) is 0.185. The van der Waals surface area contributed by atoms with Crippen LogP contribution in [0.25, 0.3) is 10.9 Å². The number of nitrogens with zero attached hydrogens (tertiary/aromatic N) is 2. The monoisotopic (exact) mass is 470 g/mol. The number of fused-ring (bicyclic) bond motifs is 1. The van der Waals surface area contributed by atoms with Crippen LogP contribution in [0.15, 0.2) is 73.1 Å². The molecule has 1 heterocycles. The lowest BCUT2D eigenvalue weighted by atomic mass is 10.1. The lowest BCUT2D eigenvalue weighted by Gasteiger charge is -2.12. The summed E-state index contributed by atoms with van der Waals surface area (Å²) in [4.78, 5) is 33.1. The van der Waals surface area contributed by atoms with Gasteiger partial charge in [-0.15, -0.1) is 0 Å². The number of carbonyl (C=O) groups is 2. The van der Waals surface area contributed by atoms with E-state index in [-0.39, 0.29) is 18.1 Å². The molecule has 1 amide bonds. The minimum Gasteiger partial charge on any atom is -0.493 e. The van der Waals surface area contributed by atoms with Crippen LogP contribution in [0.5, 0.6) is 11.5 Å². The normalized spacial score (nSPS) is 10.6. The molecule has 178 valence electrons. The molecule has 0 aliphatic heterocycles. The van der Waals surface area contributed by atoms with Crippen LogP contribution in [0.2, 0.25) is 0 Å². The Morgan fingerprint density at radius 3 is 2.23 bits per heavy atom. The van der Waals surface area contributed by atoms with Crippen molar-refractivity contribution in [2.75, 3.05) is 24.9 Å². The highest BCUT2D eigenvalue weighted by Gasteiger charge is 2.12. The Morgan fingerprint density at radius 1 is 0.829 bits per heavy atom. The Morgan fingerprint density at radius 2 is 1.51 bits per heavy atom. The fourth-order valence-electron chi connectivity index (χ4n) is 3.66. The van der Waals surface area contributed by atoms with Crippen LogP contribution in [0.3, 0.4) is 0 Å². The van der Waals surface area contributed by atoms with Crippen molar-refractivity contribution in [3.8, 4) is 11.5 Å². The highest BCUT2D eigenvalue weighted by atomic mass is 16.5.